The van der Waals surface area contributed by atoms with Gasteiger partial charge in [0.15, 0.2) is 0 Å². The fraction of sp³-hybridized carbons (Fsp3) is 0.250. The number of amides is 1. The molecule has 0 spiro atoms. The Bertz CT molecular complexity index is 502. The molecule has 6 N–H and O–H groups in total. The molecule has 0 saturated carbocycles. The predicted molar refractivity (Wildman–Crippen MR) is 61.0 cm³/mol. The second-order valence-electron chi connectivity index (χ2n) is 3.13. The van der Waals surface area contributed by atoms with Crippen molar-refractivity contribution in [2.24, 2.45) is 11.6 Å². The first kappa shape index (κ1) is 13.4. The maximum Gasteiger partial charge on any atom is 0.244 e. The molecule has 0 saturated heterocycles. The fourth-order valence-corrected chi connectivity index (χ4v) is 2.24. The molecule has 0 aliphatic carbocycles. The number of pyridine rings is 1. The molecule has 94 valence electrons. The average molecular weight is 259 g/mol. The number of anilines is 1. The van der Waals surface area contributed by atoms with Gasteiger partial charge in [-0.3, -0.25) is 15.6 Å². The summed E-state index contributed by atoms with van der Waals surface area (Å²) in [7, 11) is -3.76. The highest BCUT2D eigenvalue weighted by Gasteiger charge is 2.18. The minimum atomic E-state index is -3.76. The zero-order valence-corrected chi connectivity index (χ0v) is 9.70. The number of hydrogen-bond donors (Lipinski definition) is 4. The lowest BCUT2D eigenvalue weighted by molar-refractivity contribution is -0.117. The van der Waals surface area contributed by atoms with Gasteiger partial charge in [-0.15, -0.1) is 0 Å². The lowest BCUT2D eigenvalue weighted by Gasteiger charge is -2.09. The zero-order valence-electron chi connectivity index (χ0n) is 8.88. The number of primary amides is 1. The number of nitrogens with zero attached hydrogens (tertiary/aromatic N) is 1. The number of carbonyl (C=O) groups excluding carboxylic acids is 1. The lowest BCUT2D eigenvalue weighted by atomic mass is 10.4. The minimum absolute atomic E-state index is 0.0728. The molecule has 1 aromatic heterocycles. The van der Waals surface area contributed by atoms with Crippen LogP contribution in [0.4, 0.5) is 5.69 Å². The highest BCUT2D eigenvalue weighted by molar-refractivity contribution is 7.89. The zero-order chi connectivity index (χ0) is 12.9. The minimum Gasteiger partial charge on any atom is -0.370 e. The Balaban J connectivity index is 2.86. The Morgan fingerprint density at radius 1 is 1.47 bits per heavy atom. The summed E-state index contributed by atoms with van der Waals surface area (Å²) in [6.45, 7) is -0.0728. The Hall–Kier alpha value is -1.71. The predicted octanol–water partition coefficient (Wildman–Crippen LogP) is -1.48. The molecule has 0 fully saturated rings. The van der Waals surface area contributed by atoms with E-state index in [0.29, 0.717) is 0 Å². The van der Waals surface area contributed by atoms with Gasteiger partial charge < -0.3 is 11.2 Å². The first-order valence-corrected chi connectivity index (χ1v) is 6.14. The molecule has 0 unspecified atom stereocenters. The fourth-order valence-electron chi connectivity index (χ4n) is 1.10. The topological polar surface area (TPSA) is 140 Å². The van der Waals surface area contributed by atoms with Gasteiger partial charge in [-0.05, 0) is 6.07 Å². The summed E-state index contributed by atoms with van der Waals surface area (Å²) in [6.07, 6.45) is 2.48. The van der Waals surface area contributed by atoms with Gasteiger partial charge in [0.2, 0.25) is 15.9 Å². The first-order chi connectivity index (χ1) is 7.97. The first-order valence-electron chi connectivity index (χ1n) is 4.66. The normalized spacial score (nSPS) is 11.1. The number of nitrogen functional groups attached to an aromatic ring is 1. The van der Waals surface area contributed by atoms with Crippen molar-refractivity contribution < 1.29 is 13.2 Å². The van der Waals surface area contributed by atoms with Gasteiger partial charge in [0, 0.05) is 25.4 Å². The molecular weight excluding hydrogens is 246 g/mol. The molecule has 8 nitrogen and oxygen atoms in total. The van der Waals surface area contributed by atoms with Crippen LogP contribution in [0.2, 0.25) is 0 Å². The molecule has 0 aliphatic rings. The number of sulfonamides is 1. The van der Waals surface area contributed by atoms with Crippen LogP contribution in [0.5, 0.6) is 0 Å². The summed E-state index contributed by atoms with van der Waals surface area (Å²) in [5.41, 5.74) is 7.36. The summed E-state index contributed by atoms with van der Waals surface area (Å²) in [6, 6.07) is 1.42. The molecule has 0 atom stereocenters. The third kappa shape index (κ3) is 3.66. The van der Waals surface area contributed by atoms with Crippen LogP contribution >= 0.6 is 0 Å². The number of hydrogen-bond acceptors (Lipinski definition) is 6. The molecule has 0 aliphatic heterocycles. The second kappa shape index (κ2) is 5.57. The van der Waals surface area contributed by atoms with E-state index in [0.717, 1.165) is 6.20 Å². The van der Waals surface area contributed by atoms with E-state index in [2.05, 4.69) is 15.1 Å². The SMILES string of the molecule is NNc1ccncc1S(=O)(=O)NCCC(N)=O. The van der Waals surface area contributed by atoms with Gasteiger partial charge >= 0.3 is 0 Å². The Kier molecular flexibility index (Phi) is 4.37. The Morgan fingerprint density at radius 2 is 2.18 bits per heavy atom. The molecule has 17 heavy (non-hydrogen) atoms. The molecule has 1 amide bonds. The van der Waals surface area contributed by atoms with Crippen molar-refractivity contribution in [3.63, 3.8) is 0 Å². The van der Waals surface area contributed by atoms with Crippen LogP contribution in [0, 0.1) is 0 Å². The molecule has 0 aromatic carbocycles. The van der Waals surface area contributed by atoms with E-state index < -0.39 is 15.9 Å². The molecule has 1 heterocycles. The number of hydrazine groups is 1. The van der Waals surface area contributed by atoms with Crippen molar-refractivity contribution >= 4 is 21.6 Å². The van der Waals surface area contributed by atoms with E-state index in [-0.39, 0.29) is 23.5 Å². The maximum absolute atomic E-state index is 11.8. The van der Waals surface area contributed by atoms with Crippen LogP contribution < -0.4 is 21.7 Å². The van der Waals surface area contributed by atoms with Crippen LogP contribution in [0.1, 0.15) is 6.42 Å². The van der Waals surface area contributed by atoms with Gasteiger partial charge in [-0.1, -0.05) is 0 Å². The average Bonchev–Trinajstić information content (AvgIpc) is 2.28. The van der Waals surface area contributed by atoms with E-state index in [9.17, 15) is 13.2 Å². The summed E-state index contributed by atoms with van der Waals surface area (Å²) < 4.78 is 25.8. The molecule has 1 aromatic rings. The number of nitrogens with two attached hydrogens (primary N) is 2. The maximum atomic E-state index is 11.8. The van der Waals surface area contributed by atoms with Crippen molar-refractivity contribution in [1.29, 1.82) is 0 Å². The van der Waals surface area contributed by atoms with E-state index in [1.807, 2.05) is 0 Å². The Morgan fingerprint density at radius 3 is 2.76 bits per heavy atom. The Labute approximate surface area is 98.4 Å². The van der Waals surface area contributed by atoms with E-state index in [4.69, 9.17) is 11.6 Å². The van der Waals surface area contributed by atoms with Gasteiger partial charge in [-0.25, -0.2) is 13.1 Å². The lowest BCUT2D eigenvalue weighted by Crippen LogP contribution is -2.29. The number of aromatic nitrogens is 1. The standard InChI is InChI=1S/C8H13N5O3S/c9-8(14)2-4-12-17(15,16)7-5-11-3-1-6(7)13-10/h1,3,5,12H,2,4,10H2,(H2,9,14)(H,11,13). The smallest absolute Gasteiger partial charge is 0.244 e. The summed E-state index contributed by atoms with van der Waals surface area (Å²) >= 11 is 0. The third-order valence-corrected chi connectivity index (χ3v) is 3.38. The van der Waals surface area contributed by atoms with E-state index in [1.54, 1.807) is 0 Å². The summed E-state index contributed by atoms with van der Waals surface area (Å²) in [5, 5.41) is 0. The monoisotopic (exact) mass is 259 g/mol. The molecule has 1 rings (SSSR count). The number of carbonyl (C=O) groups is 1. The van der Waals surface area contributed by atoms with Crippen LogP contribution in [0.15, 0.2) is 23.4 Å². The third-order valence-electron chi connectivity index (χ3n) is 1.89. The molecule has 9 heteroatoms. The van der Waals surface area contributed by atoms with Gasteiger partial charge in [0.25, 0.3) is 0 Å². The van der Waals surface area contributed by atoms with Gasteiger partial charge in [0.05, 0.1) is 5.69 Å². The molecular formula is C8H13N5O3S. The van der Waals surface area contributed by atoms with E-state index in [1.165, 1.54) is 12.3 Å². The molecule has 0 bridgehead atoms. The van der Waals surface area contributed by atoms with Crippen molar-refractivity contribution in [2.45, 2.75) is 11.3 Å². The quantitative estimate of drug-likeness (QED) is 0.363. The van der Waals surface area contributed by atoms with Gasteiger partial charge in [0.1, 0.15) is 4.90 Å². The largest absolute Gasteiger partial charge is 0.370 e. The van der Waals surface area contributed by atoms with Crippen molar-refractivity contribution in [3.05, 3.63) is 18.5 Å². The van der Waals surface area contributed by atoms with Crippen LogP contribution in [-0.4, -0.2) is 25.9 Å². The van der Waals surface area contributed by atoms with Crippen LogP contribution in [0.3, 0.4) is 0 Å². The van der Waals surface area contributed by atoms with Gasteiger partial charge in [-0.2, -0.15) is 0 Å². The summed E-state index contributed by atoms with van der Waals surface area (Å²) in [4.78, 5) is 14.1. The molecule has 0 radical (unpaired) electrons. The van der Waals surface area contributed by atoms with E-state index >= 15 is 0 Å². The second-order valence-corrected chi connectivity index (χ2v) is 4.87. The van der Waals surface area contributed by atoms with Crippen molar-refractivity contribution in [2.75, 3.05) is 12.0 Å². The van der Waals surface area contributed by atoms with Crippen LogP contribution in [-0.2, 0) is 14.8 Å². The highest BCUT2D eigenvalue weighted by Crippen LogP contribution is 2.17. The number of nitrogens with one attached hydrogen (secondary N) is 2. The van der Waals surface area contributed by atoms with Crippen LogP contribution in [0.25, 0.3) is 0 Å². The highest BCUT2D eigenvalue weighted by atomic mass is 32.2. The van der Waals surface area contributed by atoms with Crippen molar-refractivity contribution in [1.82, 2.24) is 9.71 Å². The summed E-state index contributed by atoms with van der Waals surface area (Å²) in [5.74, 6) is 4.59. The van der Waals surface area contributed by atoms with Crippen molar-refractivity contribution in [3.8, 4) is 0 Å². The number of rotatable bonds is 6.